The molecule has 0 bridgehead atoms. The molecule has 154 valence electrons. The Kier molecular flexibility index (Phi) is 5.51. The van der Waals surface area contributed by atoms with E-state index >= 15 is 0 Å². The summed E-state index contributed by atoms with van der Waals surface area (Å²) in [5.41, 5.74) is 6.56. The Morgan fingerprint density at radius 1 is 1.20 bits per heavy atom. The van der Waals surface area contributed by atoms with E-state index in [1.165, 1.54) is 4.90 Å². The Bertz CT molecular complexity index is 1010. The summed E-state index contributed by atoms with van der Waals surface area (Å²) in [6.07, 6.45) is 4.09. The van der Waals surface area contributed by atoms with Gasteiger partial charge in [0, 0.05) is 17.3 Å². The second-order valence-electron chi connectivity index (χ2n) is 6.90. The molecule has 4 N–H and O–H groups in total. The summed E-state index contributed by atoms with van der Waals surface area (Å²) in [4.78, 5) is 47.1. The van der Waals surface area contributed by atoms with Gasteiger partial charge in [-0.05, 0) is 24.5 Å². The van der Waals surface area contributed by atoms with E-state index in [0.717, 1.165) is 11.8 Å². The van der Waals surface area contributed by atoms with Crippen molar-refractivity contribution in [3.05, 3.63) is 65.0 Å². The van der Waals surface area contributed by atoms with Crippen molar-refractivity contribution in [3.8, 4) is 0 Å². The number of thioether (sulfide) groups is 1. The number of fused-ring (bicyclic) bond motifs is 1. The number of carboxylic acid groups (broad SMARTS) is 1. The first-order chi connectivity index (χ1) is 14.5. The number of carbonyl (C=O) groups excluding carboxylic acids is 2. The van der Waals surface area contributed by atoms with Crippen LogP contribution in [-0.2, 0) is 14.4 Å². The molecule has 10 heteroatoms. The van der Waals surface area contributed by atoms with E-state index in [1.807, 2.05) is 6.07 Å². The molecule has 2 aliphatic rings. The molecular weight excluding hydrogens is 406 g/mol. The van der Waals surface area contributed by atoms with Crippen molar-refractivity contribution >= 4 is 29.5 Å². The lowest BCUT2D eigenvalue weighted by Gasteiger charge is -2.50. The molecule has 1 fully saturated rings. The molecule has 1 aromatic heterocycles. The van der Waals surface area contributed by atoms with Crippen molar-refractivity contribution in [2.75, 3.05) is 0 Å². The fraction of sp³-hybridized carbons (Fsp3) is 0.250. The Labute approximate surface area is 176 Å². The van der Waals surface area contributed by atoms with E-state index in [9.17, 15) is 19.5 Å². The van der Waals surface area contributed by atoms with E-state index in [2.05, 4.69) is 15.3 Å². The van der Waals surface area contributed by atoms with Crippen LogP contribution in [0.15, 0.2) is 64.6 Å². The van der Waals surface area contributed by atoms with Crippen LogP contribution in [0, 0.1) is 0 Å². The smallest absolute Gasteiger partial charge is 0.353 e. The van der Waals surface area contributed by atoms with E-state index < -0.39 is 35.9 Å². The highest BCUT2D eigenvalue weighted by Crippen LogP contribution is 2.42. The minimum absolute atomic E-state index is 0.0773. The number of rotatable bonds is 6. The van der Waals surface area contributed by atoms with E-state index in [1.54, 1.807) is 42.7 Å². The molecule has 0 saturated carbocycles. The number of nitrogens with one attached hydrogen (secondary N) is 1. The van der Waals surface area contributed by atoms with Crippen molar-refractivity contribution in [3.63, 3.8) is 0 Å². The fourth-order valence-electron chi connectivity index (χ4n) is 3.63. The minimum Gasteiger partial charge on any atom is -0.477 e. The lowest BCUT2D eigenvalue weighted by atomic mass is 9.86. The number of allylic oxidation sites excluding steroid dienone is 1. The summed E-state index contributed by atoms with van der Waals surface area (Å²) in [5.74, 6) is -2.13. The summed E-state index contributed by atoms with van der Waals surface area (Å²) >= 11 is 1.14. The number of aliphatic carboxylic acids is 1. The molecular formula is C20H19N5O4S. The number of β-lactam (4-membered cyclic amide) rings is 1. The third kappa shape index (κ3) is 3.66. The van der Waals surface area contributed by atoms with Crippen LogP contribution in [0.2, 0.25) is 0 Å². The molecule has 0 radical (unpaired) electrons. The van der Waals surface area contributed by atoms with E-state index in [-0.39, 0.29) is 5.70 Å². The molecule has 1 aromatic carbocycles. The molecule has 4 rings (SSSR count). The zero-order valence-electron chi connectivity index (χ0n) is 15.8. The Hall–Kier alpha value is -3.24. The average molecular weight is 425 g/mol. The van der Waals surface area contributed by atoms with Gasteiger partial charge in [0.05, 0.1) is 6.04 Å². The summed E-state index contributed by atoms with van der Waals surface area (Å²) in [6.45, 7) is 0. The number of amides is 2. The minimum atomic E-state index is -1.20. The predicted octanol–water partition coefficient (Wildman–Crippen LogP) is 1.05. The molecule has 2 aromatic rings. The summed E-state index contributed by atoms with van der Waals surface area (Å²) in [5, 5.41) is 12.8. The topological polar surface area (TPSA) is 139 Å². The van der Waals surface area contributed by atoms with Gasteiger partial charge in [0.15, 0.2) is 5.16 Å². The lowest BCUT2D eigenvalue weighted by Crippen LogP contribution is -2.72. The largest absolute Gasteiger partial charge is 0.477 e. The van der Waals surface area contributed by atoms with Crippen molar-refractivity contribution in [2.45, 2.75) is 36.1 Å². The van der Waals surface area contributed by atoms with Crippen LogP contribution in [0.4, 0.5) is 0 Å². The number of carbonyl (C=O) groups is 3. The molecule has 3 atom stereocenters. The highest BCUT2D eigenvalue weighted by atomic mass is 32.2. The van der Waals surface area contributed by atoms with Crippen molar-refractivity contribution < 1.29 is 19.5 Å². The molecule has 0 aliphatic carbocycles. The quantitative estimate of drug-likeness (QED) is 0.461. The van der Waals surface area contributed by atoms with E-state index in [0.29, 0.717) is 28.5 Å². The molecule has 0 spiro atoms. The summed E-state index contributed by atoms with van der Waals surface area (Å²) in [7, 11) is 0. The maximum atomic E-state index is 12.7. The normalized spacial score (nSPS) is 21.5. The van der Waals surface area contributed by atoms with Gasteiger partial charge in [-0.3, -0.25) is 14.5 Å². The Morgan fingerprint density at radius 2 is 1.90 bits per heavy atom. The molecule has 2 aliphatic heterocycles. The van der Waals surface area contributed by atoms with Gasteiger partial charge in [-0.25, -0.2) is 14.8 Å². The number of benzene rings is 1. The van der Waals surface area contributed by atoms with Crippen LogP contribution in [0.25, 0.3) is 0 Å². The van der Waals surface area contributed by atoms with Gasteiger partial charge in [-0.1, -0.05) is 42.1 Å². The van der Waals surface area contributed by atoms with Gasteiger partial charge in [0.1, 0.15) is 17.8 Å². The summed E-state index contributed by atoms with van der Waals surface area (Å²) < 4.78 is 0. The van der Waals surface area contributed by atoms with Crippen LogP contribution < -0.4 is 11.1 Å². The average Bonchev–Trinajstić information content (AvgIpc) is 2.77. The molecule has 30 heavy (non-hydrogen) atoms. The molecule has 1 saturated heterocycles. The molecule has 9 nitrogen and oxygen atoms in total. The van der Waals surface area contributed by atoms with E-state index in [4.69, 9.17) is 5.73 Å². The predicted molar refractivity (Wildman–Crippen MR) is 108 cm³/mol. The zero-order valence-corrected chi connectivity index (χ0v) is 16.6. The van der Waals surface area contributed by atoms with Gasteiger partial charge in [-0.2, -0.15) is 0 Å². The van der Waals surface area contributed by atoms with Crippen molar-refractivity contribution in [2.24, 2.45) is 5.73 Å². The van der Waals surface area contributed by atoms with Crippen molar-refractivity contribution in [1.29, 1.82) is 0 Å². The Balaban J connectivity index is 1.50. The molecule has 2 amide bonds. The third-order valence-electron chi connectivity index (χ3n) is 5.09. The third-order valence-corrected chi connectivity index (χ3v) is 6.13. The number of nitrogens with zero attached hydrogens (tertiary/aromatic N) is 3. The van der Waals surface area contributed by atoms with Gasteiger partial charge in [0.2, 0.25) is 5.91 Å². The first-order valence-corrected chi connectivity index (χ1v) is 10.1. The van der Waals surface area contributed by atoms with Gasteiger partial charge in [-0.15, -0.1) is 0 Å². The Morgan fingerprint density at radius 3 is 2.57 bits per heavy atom. The zero-order chi connectivity index (χ0) is 21.3. The summed E-state index contributed by atoms with van der Waals surface area (Å²) in [6, 6.07) is 8.39. The monoisotopic (exact) mass is 425 g/mol. The van der Waals surface area contributed by atoms with Crippen LogP contribution in [-0.4, -0.2) is 49.8 Å². The van der Waals surface area contributed by atoms with Crippen molar-refractivity contribution in [1.82, 2.24) is 20.2 Å². The maximum Gasteiger partial charge on any atom is 0.353 e. The molecule has 0 unspecified atom stereocenters. The number of nitrogens with two attached hydrogens (primary N) is 1. The SMILES string of the molecule is N[C@@H](C(=O)N[C@@H]1C(=O)N2C(C(=O)O)=C(Sc3ncccn3)CC[C@H]12)c1ccccc1. The number of hydrogen-bond acceptors (Lipinski definition) is 7. The lowest BCUT2D eigenvalue weighted by molar-refractivity contribution is -0.156. The second kappa shape index (κ2) is 8.25. The fourth-order valence-corrected chi connectivity index (χ4v) is 4.58. The standard InChI is InChI=1S/C20H19N5O4S/c21-14(11-5-2-1-3-6-11)17(26)24-15-12-7-8-13(30-20-22-9-4-10-23-20)16(19(28)29)25(12)18(15)27/h1-6,9-10,12,14-15H,7-8,21H2,(H,24,26)(H,28,29)/t12-,14-,15+/m1/s1. The van der Waals surface area contributed by atoms with Crippen LogP contribution in [0.1, 0.15) is 24.4 Å². The van der Waals surface area contributed by atoms with Crippen LogP contribution in [0.3, 0.4) is 0 Å². The van der Waals surface area contributed by atoms with Crippen LogP contribution in [0.5, 0.6) is 0 Å². The highest BCUT2D eigenvalue weighted by molar-refractivity contribution is 8.03. The second-order valence-corrected chi connectivity index (χ2v) is 7.96. The number of hydrogen-bond donors (Lipinski definition) is 3. The first kappa shape index (κ1) is 20.0. The number of aromatic nitrogens is 2. The van der Waals surface area contributed by atoms with Crippen LogP contribution >= 0.6 is 11.8 Å². The molecule has 3 heterocycles. The highest BCUT2D eigenvalue weighted by Gasteiger charge is 2.53. The number of carboxylic acids is 1. The first-order valence-electron chi connectivity index (χ1n) is 9.32. The van der Waals surface area contributed by atoms with Gasteiger partial charge < -0.3 is 16.2 Å². The van der Waals surface area contributed by atoms with Gasteiger partial charge in [0.25, 0.3) is 5.91 Å². The maximum absolute atomic E-state index is 12.7. The van der Waals surface area contributed by atoms with Gasteiger partial charge >= 0.3 is 5.97 Å².